The van der Waals surface area contributed by atoms with Gasteiger partial charge in [-0.3, -0.25) is 0 Å². The van der Waals surface area contributed by atoms with Crippen LogP contribution in [0.15, 0.2) is 0 Å². The lowest BCUT2D eigenvalue weighted by atomic mass is 9.77. The Labute approximate surface area is 320 Å². The van der Waals surface area contributed by atoms with Crippen molar-refractivity contribution in [2.24, 2.45) is 10.8 Å². The van der Waals surface area contributed by atoms with Gasteiger partial charge in [0.2, 0.25) is 5.95 Å². The Morgan fingerprint density at radius 2 is 0.887 bits per heavy atom. The van der Waals surface area contributed by atoms with Crippen molar-refractivity contribution < 1.29 is 28.4 Å². The number of aromatic nitrogens is 3. The molecule has 4 saturated heterocycles. The zero-order chi connectivity index (χ0) is 38.8. The number of ether oxygens (including phenoxy) is 6. The van der Waals surface area contributed by atoms with Crippen molar-refractivity contribution in [3.8, 4) is 12.0 Å². The van der Waals surface area contributed by atoms with Crippen LogP contribution in [0.3, 0.4) is 0 Å². The summed E-state index contributed by atoms with van der Waals surface area (Å²) in [6.45, 7) is 31.1. The van der Waals surface area contributed by atoms with E-state index in [2.05, 4.69) is 98.6 Å². The van der Waals surface area contributed by atoms with Crippen molar-refractivity contribution in [2.45, 2.75) is 181 Å². The van der Waals surface area contributed by atoms with E-state index >= 15 is 0 Å². The van der Waals surface area contributed by atoms with E-state index in [9.17, 15) is 0 Å². The molecule has 5 rings (SSSR count). The molecule has 4 aliphatic heterocycles. The van der Waals surface area contributed by atoms with Crippen LogP contribution in [0, 0.1) is 10.8 Å². The van der Waals surface area contributed by atoms with Crippen molar-refractivity contribution in [3.63, 3.8) is 0 Å². The average molecular weight is 747 g/mol. The van der Waals surface area contributed by atoms with Gasteiger partial charge >= 0.3 is 12.0 Å². The summed E-state index contributed by atoms with van der Waals surface area (Å²) >= 11 is 0. The second-order valence-corrected chi connectivity index (χ2v) is 19.6. The van der Waals surface area contributed by atoms with Crippen molar-refractivity contribution in [1.29, 1.82) is 0 Å². The predicted molar refractivity (Wildman–Crippen MR) is 209 cm³/mol. The molecule has 0 aromatic carbocycles. The third kappa shape index (κ3) is 10.7. The molecule has 5 heterocycles. The van der Waals surface area contributed by atoms with Crippen LogP contribution in [0.5, 0.6) is 12.0 Å². The summed E-state index contributed by atoms with van der Waals surface area (Å²) in [5.41, 5.74) is -1.06. The Morgan fingerprint density at radius 3 is 1.19 bits per heavy atom. The maximum atomic E-state index is 6.69. The molecule has 4 fully saturated rings. The van der Waals surface area contributed by atoms with Crippen LogP contribution >= 0.6 is 0 Å². The summed E-state index contributed by atoms with van der Waals surface area (Å²) in [5.74, 6) is -0.635. The molecule has 0 amide bonds. The molecule has 0 aliphatic carbocycles. The van der Waals surface area contributed by atoms with E-state index in [0.717, 1.165) is 77.3 Å². The number of hydrogen-bond acceptors (Lipinski definition) is 12. The molecule has 0 bridgehead atoms. The Balaban J connectivity index is 1.32. The summed E-state index contributed by atoms with van der Waals surface area (Å²) in [7, 11) is 0. The van der Waals surface area contributed by atoms with E-state index in [1.54, 1.807) is 0 Å². The highest BCUT2D eigenvalue weighted by Gasteiger charge is 2.55. The summed E-state index contributed by atoms with van der Waals surface area (Å²) in [5, 5.41) is 7.49. The van der Waals surface area contributed by atoms with Crippen LogP contribution in [0.25, 0.3) is 0 Å². The first-order chi connectivity index (χ1) is 24.7. The van der Waals surface area contributed by atoms with Crippen molar-refractivity contribution in [2.75, 3.05) is 57.6 Å². The SMILES string of the molecule is CCCCN(CCCC)c1nc(OCC2(CC)COC3(CC(C)(C)NC(C)(C)C3)OC2)nc(OCC2(CC)COC3(CC(C)(C)NC(C)(C)C3)OC2)n1. The monoisotopic (exact) mass is 747 g/mol. The highest BCUT2D eigenvalue weighted by atomic mass is 16.7. The minimum atomic E-state index is -0.612. The molecule has 304 valence electrons. The molecule has 0 saturated carbocycles. The minimum Gasteiger partial charge on any atom is -0.462 e. The fourth-order valence-electron chi connectivity index (χ4n) is 9.36. The lowest BCUT2D eigenvalue weighted by Crippen LogP contribution is -2.67. The summed E-state index contributed by atoms with van der Waals surface area (Å²) in [6.07, 6.45) is 9.06. The van der Waals surface area contributed by atoms with Gasteiger partial charge in [0, 0.05) is 60.9 Å². The van der Waals surface area contributed by atoms with Gasteiger partial charge in [0.05, 0.1) is 37.3 Å². The molecular formula is C41H74N6O6. The number of piperidine rings is 2. The lowest BCUT2D eigenvalue weighted by molar-refractivity contribution is -0.331. The first-order valence-corrected chi connectivity index (χ1v) is 20.6. The molecule has 2 spiro atoms. The molecular weight excluding hydrogens is 672 g/mol. The number of hydrogen-bond donors (Lipinski definition) is 2. The van der Waals surface area contributed by atoms with E-state index in [-0.39, 0.29) is 45.0 Å². The summed E-state index contributed by atoms with van der Waals surface area (Å²) in [4.78, 5) is 16.8. The Hall–Kier alpha value is -1.83. The molecule has 12 nitrogen and oxygen atoms in total. The van der Waals surface area contributed by atoms with Crippen LogP contribution < -0.4 is 25.0 Å². The van der Waals surface area contributed by atoms with E-state index in [1.807, 2.05) is 0 Å². The number of anilines is 1. The minimum absolute atomic E-state index is 0.0988. The number of unbranched alkanes of at least 4 members (excludes halogenated alkanes) is 2. The zero-order valence-electron chi connectivity index (χ0n) is 35.5. The van der Waals surface area contributed by atoms with Gasteiger partial charge in [0.25, 0.3) is 0 Å². The average Bonchev–Trinajstić information content (AvgIpc) is 3.05. The second-order valence-electron chi connectivity index (χ2n) is 19.6. The van der Waals surface area contributed by atoms with Crippen molar-refractivity contribution in [1.82, 2.24) is 25.6 Å². The second kappa shape index (κ2) is 16.0. The van der Waals surface area contributed by atoms with Crippen molar-refractivity contribution in [3.05, 3.63) is 0 Å². The molecule has 1 aromatic heterocycles. The summed E-state index contributed by atoms with van der Waals surface area (Å²) in [6, 6.07) is 0.528. The molecule has 1 aromatic rings. The maximum Gasteiger partial charge on any atom is 0.324 e. The highest BCUT2D eigenvalue weighted by molar-refractivity contribution is 5.32. The molecule has 0 radical (unpaired) electrons. The quantitative estimate of drug-likeness (QED) is 0.189. The van der Waals surface area contributed by atoms with Crippen LogP contribution in [-0.4, -0.2) is 101 Å². The van der Waals surface area contributed by atoms with E-state index in [0.29, 0.717) is 45.6 Å². The zero-order valence-corrected chi connectivity index (χ0v) is 35.5. The Bertz CT molecular complexity index is 1220. The van der Waals surface area contributed by atoms with Gasteiger partial charge in [0.15, 0.2) is 11.6 Å². The van der Waals surface area contributed by atoms with Gasteiger partial charge in [-0.2, -0.15) is 9.97 Å². The molecule has 53 heavy (non-hydrogen) atoms. The largest absolute Gasteiger partial charge is 0.462 e. The first kappa shape index (κ1) is 42.3. The molecule has 12 heteroatoms. The van der Waals surface area contributed by atoms with Gasteiger partial charge in [-0.05, 0) is 81.1 Å². The molecule has 4 aliphatic rings. The third-order valence-electron chi connectivity index (χ3n) is 11.7. The van der Waals surface area contributed by atoms with E-state index in [1.165, 1.54) is 0 Å². The van der Waals surface area contributed by atoms with E-state index < -0.39 is 11.6 Å². The fraction of sp³-hybridized carbons (Fsp3) is 0.927. The van der Waals surface area contributed by atoms with Crippen molar-refractivity contribution >= 4 is 5.95 Å². The maximum absolute atomic E-state index is 6.69. The standard InChI is InChI=1S/C41H74N6O6/c1-13-17-19-47(20-18-14-2)31-42-32(48-25-38(15-3)27-50-40(51-28-38)21-34(5,6)45-35(7,8)22-40)44-33(43-31)49-26-39(16-4)29-52-41(53-30-39)23-36(9,10)46-37(11,12)24-41/h45-46H,13-30H2,1-12H3. The molecule has 0 atom stereocenters. The molecule has 2 N–H and O–H groups in total. The first-order valence-electron chi connectivity index (χ1n) is 20.6. The van der Waals surface area contributed by atoms with E-state index in [4.69, 9.17) is 43.4 Å². The van der Waals surface area contributed by atoms with Crippen LogP contribution in [0.4, 0.5) is 5.95 Å². The number of nitrogens with zero attached hydrogens (tertiary/aromatic N) is 4. The molecule has 0 unspecified atom stereocenters. The number of nitrogens with one attached hydrogen (secondary N) is 2. The number of rotatable bonds is 15. The fourth-order valence-corrected chi connectivity index (χ4v) is 9.36. The smallest absolute Gasteiger partial charge is 0.324 e. The Kier molecular flexibility index (Phi) is 12.7. The van der Waals surface area contributed by atoms with Crippen LogP contribution in [-0.2, 0) is 18.9 Å². The highest BCUT2D eigenvalue weighted by Crippen LogP contribution is 2.46. The van der Waals surface area contributed by atoms with Gasteiger partial charge in [-0.25, -0.2) is 0 Å². The summed E-state index contributed by atoms with van der Waals surface area (Å²) < 4.78 is 39.7. The predicted octanol–water partition coefficient (Wildman–Crippen LogP) is 7.20. The van der Waals surface area contributed by atoms with Gasteiger partial charge in [-0.1, -0.05) is 40.5 Å². The van der Waals surface area contributed by atoms with Gasteiger partial charge < -0.3 is 44.0 Å². The topological polar surface area (TPSA) is 121 Å². The normalized spacial score (nSPS) is 25.9. The van der Waals surface area contributed by atoms with Crippen LogP contribution in [0.1, 0.15) is 147 Å². The third-order valence-corrected chi connectivity index (χ3v) is 11.7. The van der Waals surface area contributed by atoms with Gasteiger partial charge in [0.1, 0.15) is 13.2 Å². The Morgan fingerprint density at radius 1 is 0.547 bits per heavy atom. The van der Waals surface area contributed by atoms with Crippen LogP contribution in [0.2, 0.25) is 0 Å². The van der Waals surface area contributed by atoms with Gasteiger partial charge in [-0.15, -0.1) is 4.98 Å². The lowest BCUT2D eigenvalue weighted by Gasteiger charge is -2.55.